The van der Waals surface area contributed by atoms with E-state index in [1.54, 1.807) is 6.07 Å². The molecule has 1 aromatic carbocycles. The minimum Gasteiger partial charge on any atom is -0.496 e. The first-order valence-electron chi connectivity index (χ1n) is 4.77. The van der Waals surface area contributed by atoms with Gasteiger partial charge in [-0.2, -0.15) is 0 Å². The minimum absolute atomic E-state index is 0.0673. The lowest BCUT2D eigenvalue weighted by Crippen LogP contribution is -2.15. The molecule has 0 bridgehead atoms. The average Bonchev–Trinajstić information content (AvgIpc) is 3.00. The van der Waals surface area contributed by atoms with Crippen LogP contribution in [0.3, 0.4) is 0 Å². The van der Waals surface area contributed by atoms with E-state index >= 15 is 0 Å². The zero-order valence-electron chi connectivity index (χ0n) is 8.27. The van der Waals surface area contributed by atoms with E-state index in [-0.39, 0.29) is 5.56 Å². The zero-order chi connectivity index (χ0) is 11.1. The molecule has 1 fully saturated rings. The third kappa shape index (κ3) is 2.00. The number of alkyl halides is 2. The van der Waals surface area contributed by atoms with Crippen LogP contribution in [0.25, 0.3) is 0 Å². The SMILES string of the molecule is COc1ccc(C(F)(F)C2CC2)cc1Br. The van der Waals surface area contributed by atoms with Crippen LogP contribution in [-0.4, -0.2) is 7.11 Å². The van der Waals surface area contributed by atoms with Crippen LogP contribution in [0.4, 0.5) is 8.78 Å². The summed E-state index contributed by atoms with van der Waals surface area (Å²) in [7, 11) is 1.51. The highest BCUT2D eigenvalue weighted by Crippen LogP contribution is 2.50. The first kappa shape index (κ1) is 10.9. The Balaban J connectivity index is 2.32. The molecule has 82 valence electrons. The van der Waals surface area contributed by atoms with Crippen LogP contribution in [0.5, 0.6) is 5.75 Å². The number of hydrogen-bond donors (Lipinski definition) is 0. The second kappa shape index (κ2) is 3.74. The van der Waals surface area contributed by atoms with Crippen LogP contribution in [0.2, 0.25) is 0 Å². The van der Waals surface area contributed by atoms with Crippen molar-refractivity contribution in [3.05, 3.63) is 28.2 Å². The molecule has 0 atom stereocenters. The van der Waals surface area contributed by atoms with E-state index in [9.17, 15) is 8.78 Å². The van der Waals surface area contributed by atoms with Crippen molar-refractivity contribution in [2.24, 2.45) is 5.92 Å². The van der Waals surface area contributed by atoms with Gasteiger partial charge in [-0.15, -0.1) is 0 Å². The predicted octanol–water partition coefficient (Wildman–Crippen LogP) is 3.96. The van der Waals surface area contributed by atoms with E-state index in [1.807, 2.05) is 0 Å². The fraction of sp³-hybridized carbons (Fsp3) is 0.455. The van der Waals surface area contributed by atoms with Gasteiger partial charge < -0.3 is 4.74 Å². The molecule has 0 radical (unpaired) electrons. The van der Waals surface area contributed by atoms with Gasteiger partial charge in [0.2, 0.25) is 0 Å². The van der Waals surface area contributed by atoms with Gasteiger partial charge in [-0.3, -0.25) is 0 Å². The minimum atomic E-state index is -2.70. The molecule has 1 nitrogen and oxygen atoms in total. The fourth-order valence-electron chi connectivity index (χ4n) is 1.56. The maximum atomic E-state index is 13.7. The average molecular weight is 277 g/mol. The lowest BCUT2D eigenvalue weighted by atomic mass is 10.0. The monoisotopic (exact) mass is 276 g/mol. The van der Waals surface area contributed by atoms with Crippen LogP contribution in [0, 0.1) is 5.92 Å². The first-order valence-corrected chi connectivity index (χ1v) is 5.57. The van der Waals surface area contributed by atoms with Gasteiger partial charge >= 0.3 is 0 Å². The Bertz CT molecular complexity index is 375. The molecular formula is C11H11BrF2O. The standard InChI is InChI=1S/C11H11BrF2O/c1-15-10-5-4-8(6-9(10)12)11(13,14)7-2-3-7/h4-7H,2-3H2,1H3. The van der Waals surface area contributed by atoms with Crippen molar-refractivity contribution in [2.75, 3.05) is 7.11 Å². The Morgan fingerprint density at radius 1 is 1.40 bits per heavy atom. The molecule has 0 heterocycles. The molecule has 0 amide bonds. The topological polar surface area (TPSA) is 9.23 Å². The maximum absolute atomic E-state index is 13.7. The highest BCUT2D eigenvalue weighted by Gasteiger charge is 2.48. The van der Waals surface area contributed by atoms with E-state index in [1.165, 1.54) is 19.2 Å². The fourth-order valence-corrected chi connectivity index (χ4v) is 2.10. The molecule has 0 unspecified atom stereocenters. The number of benzene rings is 1. The Labute approximate surface area is 95.6 Å². The largest absolute Gasteiger partial charge is 0.496 e. The summed E-state index contributed by atoms with van der Waals surface area (Å²) in [6.45, 7) is 0. The third-order valence-electron chi connectivity index (χ3n) is 2.63. The van der Waals surface area contributed by atoms with Crippen LogP contribution in [-0.2, 0) is 5.92 Å². The molecule has 2 rings (SSSR count). The molecule has 0 N–H and O–H groups in total. The Hall–Kier alpha value is -0.640. The number of methoxy groups -OCH3 is 1. The lowest BCUT2D eigenvalue weighted by Gasteiger charge is -2.16. The Morgan fingerprint density at radius 3 is 2.53 bits per heavy atom. The summed E-state index contributed by atoms with van der Waals surface area (Å²) in [5.41, 5.74) is 0.0673. The van der Waals surface area contributed by atoms with Crippen molar-refractivity contribution in [3.63, 3.8) is 0 Å². The molecule has 15 heavy (non-hydrogen) atoms. The second-order valence-corrected chi connectivity index (χ2v) is 4.60. The van der Waals surface area contributed by atoms with Crippen molar-refractivity contribution >= 4 is 15.9 Å². The first-order chi connectivity index (χ1) is 7.05. The van der Waals surface area contributed by atoms with E-state index in [0.29, 0.717) is 23.1 Å². The van der Waals surface area contributed by atoms with Crippen LogP contribution < -0.4 is 4.74 Å². The molecule has 1 aromatic rings. The summed E-state index contributed by atoms with van der Waals surface area (Å²) >= 11 is 3.21. The number of ether oxygens (including phenoxy) is 1. The van der Waals surface area contributed by atoms with Crippen molar-refractivity contribution in [2.45, 2.75) is 18.8 Å². The number of halogens is 3. The normalized spacial score (nSPS) is 16.5. The van der Waals surface area contributed by atoms with Gasteiger partial charge in [0.1, 0.15) is 5.75 Å². The lowest BCUT2D eigenvalue weighted by molar-refractivity contribution is -0.0286. The van der Waals surface area contributed by atoms with Gasteiger partial charge in [0, 0.05) is 11.5 Å². The van der Waals surface area contributed by atoms with Crippen molar-refractivity contribution in [3.8, 4) is 5.75 Å². The highest BCUT2D eigenvalue weighted by molar-refractivity contribution is 9.10. The smallest absolute Gasteiger partial charge is 0.276 e. The van der Waals surface area contributed by atoms with Gasteiger partial charge in [0.15, 0.2) is 0 Å². The summed E-state index contributed by atoms with van der Waals surface area (Å²) in [5.74, 6) is -2.60. The summed E-state index contributed by atoms with van der Waals surface area (Å²) in [4.78, 5) is 0. The summed E-state index contributed by atoms with van der Waals surface area (Å²) in [6, 6.07) is 4.44. The van der Waals surface area contributed by atoms with E-state index in [2.05, 4.69) is 15.9 Å². The van der Waals surface area contributed by atoms with E-state index in [4.69, 9.17) is 4.74 Å². The summed E-state index contributed by atoms with van der Waals surface area (Å²) in [6.07, 6.45) is 1.24. The second-order valence-electron chi connectivity index (χ2n) is 3.75. The van der Waals surface area contributed by atoms with Crippen molar-refractivity contribution < 1.29 is 13.5 Å². The van der Waals surface area contributed by atoms with E-state index in [0.717, 1.165) is 0 Å². The number of rotatable bonds is 3. The van der Waals surface area contributed by atoms with Crippen LogP contribution >= 0.6 is 15.9 Å². The van der Waals surface area contributed by atoms with Gasteiger partial charge in [-0.1, -0.05) is 0 Å². The molecule has 1 saturated carbocycles. The van der Waals surface area contributed by atoms with E-state index < -0.39 is 11.8 Å². The molecule has 0 saturated heterocycles. The molecule has 0 aromatic heterocycles. The molecule has 1 aliphatic carbocycles. The van der Waals surface area contributed by atoms with Gasteiger partial charge in [-0.25, -0.2) is 8.78 Å². The number of hydrogen-bond acceptors (Lipinski definition) is 1. The van der Waals surface area contributed by atoms with Crippen LogP contribution in [0.15, 0.2) is 22.7 Å². The molecule has 0 aliphatic heterocycles. The van der Waals surface area contributed by atoms with Crippen molar-refractivity contribution in [1.29, 1.82) is 0 Å². The quantitative estimate of drug-likeness (QED) is 0.812. The molecule has 1 aliphatic rings. The zero-order valence-corrected chi connectivity index (χ0v) is 9.85. The molecular weight excluding hydrogens is 266 g/mol. The molecule has 4 heteroatoms. The maximum Gasteiger partial charge on any atom is 0.276 e. The highest BCUT2D eigenvalue weighted by atomic mass is 79.9. The van der Waals surface area contributed by atoms with Crippen molar-refractivity contribution in [1.82, 2.24) is 0 Å². The van der Waals surface area contributed by atoms with Gasteiger partial charge in [0.05, 0.1) is 11.6 Å². The van der Waals surface area contributed by atoms with Crippen LogP contribution in [0.1, 0.15) is 18.4 Å². The van der Waals surface area contributed by atoms with Gasteiger partial charge in [0.25, 0.3) is 5.92 Å². The molecule has 0 spiro atoms. The summed E-state index contributed by atoms with van der Waals surface area (Å²) in [5, 5.41) is 0. The predicted molar refractivity (Wildman–Crippen MR) is 57.3 cm³/mol. The summed E-state index contributed by atoms with van der Waals surface area (Å²) < 4.78 is 33.0. The Morgan fingerprint density at radius 2 is 2.07 bits per heavy atom. The van der Waals surface area contributed by atoms with Gasteiger partial charge in [-0.05, 0) is 47.0 Å². The Kier molecular flexibility index (Phi) is 2.71. The third-order valence-corrected chi connectivity index (χ3v) is 3.25.